The Morgan fingerprint density at radius 1 is 1.36 bits per heavy atom. The van der Waals surface area contributed by atoms with Crippen molar-refractivity contribution in [3.63, 3.8) is 0 Å². The summed E-state index contributed by atoms with van der Waals surface area (Å²) in [4.78, 5) is 12.3. The van der Waals surface area contributed by atoms with Crippen LogP contribution in [-0.4, -0.2) is 16.8 Å². The highest BCUT2D eigenvalue weighted by molar-refractivity contribution is 9.09. The van der Waals surface area contributed by atoms with Gasteiger partial charge in [0.1, 0.15) is 0 Å². The fourth-order valence-electron chi connectivity index (χ4n) is 2.15. The van der Waals surface area contributed by atoms with Crippen LogP contribution in [0.15, 0.2) is 0 Å². The summed E-state index contributed by atoms with van der Waals surface area (Å²) in [6.07, 6.45) is 7.23. The summed E-state index contributed by atoms with van der Waals surface area (Å²) in [6.45, 7) is 2.05. The van der Waals surface area contributed by atoms with Gasteiger partial charge in [0.15, 0.2) is 0 Å². The number of hydrogen-bond acceptors (Lipinski definition) is 1. The van der Waals surface area contributed by atoms with Gasteiger partial charge in [-0.15, -0.1) is 0 Å². The fraction of sp³-hybridized carbons (Fsp3) is 0.909. The van der Waals surface area contributed by atoms with Gasteiger partial charge in [0.05, 0.1) is 5.41 Å². The minimum atomic E-state index is -0.114. The molecule has 2 unspecified atom stereocenters. The van der Waals surface area contributed by atoms with Crippen LogP contribution >= 0.6 is 15.9 Å². The largest absolute Gasteiger partial charge is 0.353 e. The summed E-state index contributed by atoms with van der Waals surface area (Å²) in [7, 11) is 0. The van der Waals surface area contributed by atoms with Crippen molar-refractivity contribution in [3.05, 3.63) is 0 Å². The van der Waals surface area contributed by atoms with E-state index < -0.39 is 0 Å². The summed E-state index contributed by atoms with van der Waals surface area (Å²) >= 11 is 3.51. The molecule has 0 bridgehead atoms. The van der Waals surface area contributed by atoms with E-state index in [1.165, 1.54) is 32.1 Å². The summed E-state index contributed by atoms with van der Waals surface area (Å²) < 4.78 is 0. The Hall–Kier alpha value is -0.0500. The molecule has 0 spiro atoms. The van der Waals surface area contributed by atoms with Gasteiger partial charge in [0, 0.05) is 10.9 Å². The SMILES string of the molecule is CC1(C(=O)NC2CCCCC2)CC1Br. The predicted octanol–water partition coefficient (Wildman–Crippen LogP) is 2.61. The van der Waals surface area contributed by atoms with Crippen molar-refractivity contribution >= 4 is 21.8 Å². The topological polar surface area (TPSA) is 29.1 Å². The van der Waals surface area contributed by atoms with Crippen LogP contribution in [0.2, 0.25) is 0 Å². The molecule has 0 heterocycles. The fourth-order valence-corrected chi connectivity index (χ4v) is 3.03. The van der Waals surface area contributed by atoms with E-state index in [9.17, 15) is 4.79 Å². The van der Waals surface area contributed by atoms with Gasteiger partial charge < -0.3 is 5.32 Å². The molecule has 1 N–H and O–H groups in total. The first-order chi connectivity index (χ1) is 6.63. The molecule has 0 saturated heterocycles. The lowest BCUT2D eigenvalue weighted by molar-refractivity contribution is -0.126. The van der Waals surface area contributed by atoms with E-state index in [0.29, 0.717) is 10.9 Å². The van der Waals surface area contributed by atoms with Crippen molar-refractivity contribution in [3.8, 4) is 0 Å². The van der Waals surface area contributed by atoms with Crippen LogP contribution in [0.3, 0.4) is 0 Å². The van der Waals surface area contributed by atoms with E-state index in [4.69, 9.17) is 0 Å². The van der Waals surface area contributed by atoms with Crippen molar-refractivity contribution in [1.29, 1.82) is 0 Å². The third kappa shape index (κ3) is 1.97. The minimum absolute atomic E-state index is 0.114. The summed E-state index contributed by atoms with van der Waals surface area (Å²) in [6, 6.07) is 0.452. The third-order valence-corrected chi connectivity index (χ3v) is 4.93. The number of amides is 1. The van der Waals surface area contributed by atoms with Crippen LogP contribution < -0.4 is 5.32 Å². The number of alkyl halides is 1. The molecule has 2 aliphatic carbocycles. The second-order valence-electron chi connectivity index (χ2n) is 4.90. The molecule has 14 heavy (non-hydrogen) atoms. The maximum Gasteiger partial charge on any atom is 0.227 e. The minimum Gasteiger partial charge on any atom is -0.353 e. The average molecular weight is 260 g/mol. The van der Waals surface area contributed by atoms with Crippen LogP contribution in [0.25, 0.3) is 0 Å². The van der Waals surface area contributed by atoms with Crippen molar-refractivity contribution in [2.45, 2.75) is 56.3 Å². The molecule has 2 nitrogen and oxygen atoms in total. The van der Waals surface area contributed by atoms with E-state index in [2.05, 4.69) is 21.2 Å². The van der Waals surface area contributed by atoms with Crippen molar-refractivity contribution in [2.24, 2.45) is 5.41 Å². The van der Waals surface area contributed by atoms with Crippen LogP contribution in [0.4, 0.5) is 0 Å². The van der Waals surface area contributed by atoms with E-state index in [1.807, 2.05) is 6.92 Å². The van der Waals surface area contributed by atoms with E-state index in [-0.39, 0.29) is 11.3 Å². The van der Waals surface area contributed by atoms with Gasteiger partial charge in [-0.25, -0.2) is 0 Å². The zero-order valence-corrected chi connectivity index (χ0v) is 10.3. The van der Waals surface area contributed by atoms with Gasteiger partial charge >= 0.3 is 0 Å². The zero-order valence-electron chi connectivity index (χ0n) is 8.68. The highest BCUT2D eigenvalue weighted by Gasteiger charge is 2.54. The third-order valence-electron chi connectivity index (χ3n) is 3.59. The van der Waals surface area contributed by atoms with Crippen molar-refractivity contribution in [1.82, 2.24) is 5.32 Å². The van der Waals surface area contributed by atoms with E-state index in [0.717, 1.165) is 6.42 Å². The Balaban J connectivity index is 1.82. The van der Waals surface area contributed by atoms with Gasteiger partial charge in [-0.2, -0.15) is 0 Å². The Kier molecular flexibility index (Phi) is 2.87. The maximum atomic E-state index is 11.9. The van der Waals surface area contributed by atoms with Crippen LogP contribution in [0.5, 0.6) is 0 Å². The first-order valence-corrected chi connectivity index (χ1v) is 6.49. The van der Waals surface area contributed by atoms with Crippen molar-refractivity contribution in [2.75, 3.05) is 0 Å². The number of carbonyl (C=O) groups is 1. The molecule has 1 amide bonds. The van der Waals surface area contributed by atoms with E-state index >= 15 is 0 Å². The molecule has 2 fully saturated rings. The molecule has 0 aromatic carbocycles. The Morgan fingerprint density at radius 3 is 2.43 bits per heavy atom. The average Bonchev–Trinajstić information content (AvgIpc) is 2.78. The second-order valence-corrected chi connectivity index (χ2v) is 6.00. The van der Waals surface area contributed by atoms with Crippen LogP contribution in [0.1, 0.15) is 45.4 Å². The lowest BCUT2D eigenvalue weighted by Crippen LogP contribution is -2.40. The zero-order chi connectivity index (χ0) is 10.2. The number of halogens is 1. The Bertz CT molecular complexity index is 237. The second kappa shape index (κ2) is 3.84. The van der Waals surface area contributed by atoms with Gasteiger partial charge in [0.2, 0.25) is 5.91 Å². The molecule has 2 saturated carbocycles. The van der Waals surface area contributed by atoms with Gasteiger partial charge in [-0.05, 0) is 26.2 Å². The molecular formula is C11H18BrNO. The smallest absolute Gasteiger partial charge is 0.227 e. The Labute approximate surface area is 94.0 Å². The number of rotatable bonds is 2. The normalized spacial score (nSPS) is 38.0. The number of nitrogens with one attached hydrogen (secondary N) is 1. The van der Waals surface area contributed by atoms with Gasteiger partial charge in [0.25, 0.3) is 0 Å². The highest BCUT2D eigenvalue weighted by Crippen LogP contribution is 2.51. The standard InChI is InChI=1S/C11H18BrNO/c1-11(7-9(11)12)10(14)13-8-5-3-2-4-6-8/h8-9H,2-7H2,1H3,(H,13,14). The molecule has 3 heteroatoms. The number of carbonyl (C=O) groups excluding carboxylic acids is 1. The monoisotopic (exact) mass is 259 g/mol. The summed E-state index contributed by atoms with van der Waals surface area (Å²) in [5.74, 6) is 0.256. The summed E-state index contributed by atoms with van der Waals surface area (Å²) in [5, 5.41) is 3.18. The highest BCUT2D eigenvalue weighted by atomic mass is 79.9. The molecule has 0 radical (unpaired) electrons. The molecular weight excluding hydrogens is 242 g/mol. The molecule has 2 atom stereocenters. The van der Waals surface area contributed by atoms with E-state index in [1.54, 1.807) is 0 Å². The first-order valence-electron chi connectivity index (χ1n) is 5.58. The van der Waals surface area contributed by atoms with Gasteiger partial charge in [-0.3, -0.25) is 4.79 Å². The molecule has 0 aromatic heterocycles. The number of hydrogen-bond donors (Lipinski definition) is 1. The summed E-state index contributed by atoms with van der Waals surface area (Å²) in [5.41, 5.74) is -0.114. The molecule has 2 rings (SSSR count). The molecule has 80 valence electrons. The van der Waals surface area contributed by atoms with Gasteiger partial charge in [-0.1, -0.05) is 35.2 Å². The first kappa shape index (κ1) is 10.5. The lowest BCUT2D eigenvalue weighted by atomic mass is 9.95. The predicted molar refractivity (Wildman–Crippen MR) is 60.5 cm³/mol. The Morgan fingerprint density at radius 2 is 1.93 bits per heavy atom. The van der Waals surface area contributed by atoms with Crippen molar-refractivity contribution < 1.29 is 4.79 Å². The molecule has 0 aromatic rings. The molecule has 0 aliphatic heterocycles. The quantitative estimate of drug-likeness (QED) is 0.760. The van der Waals surface area contributed by atoms with Crippen LogP contribution in [-0.2, 0) is 4.79 Å². The van der Waals surface area contributed by atoms with Crippen LogP contribution in [0, 0.1) is 5.41 Å². The maximum absolute atomic E-state index is 11.9. The lowest BCUT2D eigenvalue weighted by Gasteiger charge is -2.24. The molecule has 2 aliphatic rings.